The Morgan fingerprint density at radius 3 is 0.935 bits per heavy atom. The van der Waals surface area contributed by atoms with Crippen LogP contribution in [-0.4, -0.2) is 56.5 Å². The average molecular weight is 877 g/mol. The van der Waals surface area contributed by atoms with Crippen molar-refractivity contribution in [1.82, 2.24) is 0 Å². The lowest BCUT2D eigenvalue weighted by atomic mass is 9.87. The van der Waals surface area contributed by atoms with Crippen molar-refractivity contribution in [2.45, 2.75) is 62.2 Å². The lowest BCUT2D eigenvalue weighted by Gasteiger charge is -2.27. The van der Waals surface area contributed by atoms with Gasteiger partial charge in [-0.25, -0.2) is 25.4 Å². The molecule has 10 nitrogen and oxygen atoms in total. The molecule has 6 rings (SSSR count). The van der Waals surface area contributed by atoms with Crippen LogP contribution in [0.1, 0.15) is 52.7 Å². The maximum atomic E-state index is 14.6. The Morgan fingerprint density at radius 1 is 0.387 bits per heavy atom. The van der Waals surface area contributed by atoms with Gasteiger partial charge in [0.15, 0.2) is 0 Å². The molecule has 0 saturated heterocycles. The molecule has 0 aliphatic rings. The summed E-state index contributed by atoms with van der Waals surface area (Å²) in [6, 6.07) is 46.5. The minimum absolute atomic E-state index is 0.0535. The zero-order valence-corrected chi connectivity index (χ0v) is 37.9. The Morgan fingerprint density at radius 2 is 0.661 bits per heavy atom. The van der Waals surface area contributed by atoms with Gasteiger partial charge in [0, 0.05) is 0 Å². The minimum atomic E-state index is -4.15. The predicted octanol–water partition coefficient (Wildman–Crippen LogP) is 10.8. The van der Waals surface area contributed by atoms with Gasteiger partial charge in [-0.2, -0.15) is 0 Å². The van der Waals surface area contributed by atoms with E-state index in [0.29, 0.717) is 22.7 Å². The molecule has 6 aromatic carbocycles. The molecule has 62 heavy (non-hydrogen) atoms. The van der Waals surface area contributed by atoms with E-state index in [1.165, 1.54) is 8.61 Å². The van der Waals surface area contributed by atoms with Crippen molar-refractivity contribution in [2.75, 3.05) is 48.3 Å². The highest BCUT2D eigenvalue weighted by molar-refractivity contribution is 7.93. The third-order valence-corrected chi connectivity index (χ3v) is 13.5. The first-order valence-corrected chi connectivity index (χ1v) is 23.5. The summed E-state index contributed by atoms with van der Waals surface area (Å²) < 4.78 is 84.9. The van der Waals surface area contributed by atoms with Crippen molar-refractivity contribution < 1.29 is 35.8 Å². The third-order valence-electron chi connectivity index (χ3n) is 9.96. The molecule has 0 unspecified atom stereocenters. The van der Waals surface area contributed by atoms with Crippen LogP contribution in [-0.2, 0) is 40.4 Å². The summed E-state index contributed by atoms with van der Waals surface area (Å²) in [5.74, 6) is 0.443. The molecule has 0 atom stereocenters. The van der Waals surface area contributed by atoms with Crippen molar-refractivity contribution >= 4 is 42.8 Å². The normalized spacial score (nSPS) is 12.2. The summed E-state index contributed by atoms with van der Waals surface area (Å²) in [5.41, 5.74) is 3.07. The van der Waals surface area contributed by atoms with Gasteiger partial charge >= 0.3 is 0 Å². The van der Waals surface area contributed by atoms with Gasteiger partial charge in [-0.15, -0.1) is 0 Å². The van der Waals surface area contributed by atoms with Gasteiger partial charge in [0.1, 0.15) is 34.5 Å². The third kappa shape index (κ3) is 11.2. The molecule has 6 aromatic rings. The molecular formula is C50H56N2O8S2. The van der Waals surface area contributed by atoms with Gasteiger partial charge in [0.25, 0.3) is 20.0 Å². The highest BCUT2D eigenvalue weighted by atomic mass is 32.2. The van der Waals surface area contributed by atoms with Crippen molar-refractivity contribution in [3.8, 4) is 11.5 Å². The van der Waals surface area contributed by atoms with Gasteiger partial charge in [-0.3, -0.25) is 0 Å². The van der Waals surface area contributed by atoms with E-state index < -0.39 is 20.0 Å². The first-order valence-electron chi connectivity index (χ1n) is 20.6. The molecule has 0 aliphatic heterocycles. The Balaban J connectivity index is 1.07. The van der Waals surface area contributed by atoms with Gasteiger partial charge in [0.2, 0.25) is 0 Å². The van der Waals surface area contributed by atoms with Crippen LogP contribution in [0.2, 0.25) is 0 Å². The number of hydrogen-bond donors (Lipinski definition) is 0. The van der Waals surface area contributed by atoms with Crippen LogP contribution >= 0.6 is 0 Å². The Bertz CT molecular complexity index is 2320. The van der Waals surface area contributed by atoms with E-state index >= 15 is 0 Å². The minimum Gasteiger partial charge on any atom is -0.490 e. The van der Waals surface area contributed by atoms with Crippen LogP contribution < -0.4 is 18.1 Å². The molecule has 326 valence electrons. The first kappa shape index (κ1) is 45.9. The fraction of sp³-hybridized carbons (Fsp3) is 0.280. The summed E-state index contributed by atoms with van der Waals surface area (Å²) in [5, 5.41) is 0. The maximum Gasteiger partial charge on any atom is 0.272 e. The molecule has 0 aliphatic carbocycles. The van der Waals surface area contributed by atoms with Crippen LogP contribution in [0.5, 0.6) is 11.5 Å². The lowest BCUT2D eigenvalue weighted by molar-refractivity contribution is 0.0268. The molecule has 0 fully saturated rings. The molecular weight excluding hydrogens is 821 g/mol. The van der Waals surface area contributed by atoms with E-state index in [9.17, 15) is 16.8 Å². The van der Waals surface area contributed by atoms with Gasteiger partial charge in [-0.05, 0) is 94.8 Å². The van der Waals surface area contributed by atoms with Crippen LogP contribution in [0.15, 0.2) is 168 Å². The lowest BCUT2D eigenvalue weighted by Crippen LogP contribution is -2.27. The van der Waals surface area contributed by atoms with Crippen LogP contribution in [0.4, 0.5) is 22.7 Å². The van der Waals surface area contributed by atoms with Crippen LogP contribution in [0.25, 0.3) is 0 Å². The summed E-state index contributed by atoms with van der Waals surface area (Å²) in [4.78, 5) is 0.107. The van der Waals surface area contributed by atoms with Crippen molar-refractivity contribution in [3.05, 3.63) is 169 Å². The second kappa shape index (κ2) is 20.0. The summed E-state index contributed by atoms with van der Waals surface area (Å²) in [7, 11) is -8.30. The van der Waals surface area contributed by atoms with Crippen molar-refractivity contribution in [1.29, 1.82) is 0 Å². The van der Waals surface area contributed by atoms with E-state index in [1.807, 2.05) is 77.9 Å². The number of nitrogens with zero attached hydrogens (tertiary/aromatic N) is 2. The standard InChI is InChI=1S/C50H56N2O8S2/c1-49(2,3)39-27-29-45(47(37-39)61(53,54)51(41-19-11-7-12-20-41)42-21-13-8-14-22-42)59-35-33-57-31-32-58-34-36-60-46-30-28-40(50(4,5)6)38-48(46)62(55,56)52(43-23-15-9-16-24-43)44-25-17-10-18-26-44/h7-30,37-38H,31-36H2,1-6H3. The van der Waals surface area contributed by atoms with Crippen LogP contribution in [0, 0.1) is 0 Å². The smallest absolute Gasteiger partial charge is 0.272 e. The predicted molar refractivity (Wildman–Crippen MR) is 247 cm³/mol. The molecule has 0 radical (unpaired) electrons. The van der Waals surface area contributed by atoms with Crippen molar-refractivity contribution in [2.24, 2.45) is 0 Å². The first-order chi connectivity index (χ1) is 29.6. The Kier molecular flexibility index (Phi) is 14.8. The fourth-order valence-electron chi connectivity index (χ4n) is 6.64. The number of para-hydroxylation sites is 4. The topological polar surface area (TPSA) is 112 Å². The van der Waals surface area contributed by atoms with E-state index in [4.69, 9.17) is 18.9 Å². The summed E-state index contributed by atoms with van der Waals surface area (Å²) >= 11 is 0. The molecule has 0 heterocycles. The zero-order chi connectivity index (χ0) is 44.4. The summed E-state index contributed by atoms with van der Waals surface area (Å²) in [6.07, 6.45) is 0. The molecule has 0 N–H and O–H groups in total. The van der Waals surface area contributed by atoms with Gasteiger partial charge in [-0.1, -0.05) is 126 Å². The number of rotatable bonds is 19. The molecule has 0 amide bonds. The molecule has 0 spiro atoms. The highest BCUT2D eigenvalue weighted by Gasteiger charge is 2.33. The number of benzene rings is 6. The molecule has 0 aromatic heterocycles. The molecule has 0 saturated carbocycles. The second-order valence-corrected chi connectivity index (χ2v) is 20.1. The SMILES string of the molecule is CC(C)(C)c1ccc(OCCOCCOCCOc2ccc(C(C)(C)C)cc2S(=O)(=O)N(c2ccccc2)c2ccccc2)c(S(=O)(=O)N(c2ccccc2)c2ccccc2)c1. The van der Waals surface area contributed by atoms with Gasteiger partial charge < -0.3 is 18.9 Å². The molecule has 0 bridgehead atoms. The quantitative estimate of drug-likeness (QED) is 0.0740. The fourth-order valence-corrected chi connectivity index (χ4v) is 9.94. The van der Waals surface area contributed by atoms with Crippen molar-refractivity contribution in [3.63, 3.8) is 0 Å². The Labute approximate surface area is 367 Å². The monoisotopic (exact) mass is 876 g/mol. The average Bonchev–Trinajstić information content (AvgIpc) is 3.25. The maximum absolute atomic E-state index is 14.6. The highest BCUT2D eigenvalue weighted by Crippen LogP contribution is 2.40. The van der Waals surface area contributed by atoms with E-state index in [2.05, 4.69) is 0 Å². The number of hydrogen-bond acceptors (Lipinski definition) is 8. The number of ether oxygens (including phenoxy) is 4. The van der Waals surface area contributed by atoms with Gasteiger partial charge in [0.05, 0.1) is 49.2 Å². The molecule has 12 heteroatoms. The number of sulfonamides is 2. The van der Waals surface area contributed by atoms with E-state index in [1.54, 1.807) is 121 Å². The van der Waals surface area contributed by atoms with Crippen LogP contribution in [0.3, 0.4) is 0 Å². The largest absolute Gasteiger partial charge is 0.490 e. The zero-order valence-electron chi connectivity index (χ0n) is 36.2. The number of anilines is 4. The van der Waals surface area contributed by atoms with E-state index in [0.717, 1.165) is 11.1 Å². The summed E-state index contributed by atoms with van der Waals surface area (Å²) in [6.45, 7) is 13.3. The second-order valence-electron chi connectivity index (χ2n) is 16.6. The van der Waals surface area contributed by atoms with E-state index in [-0.39, 0.29) is 71.8 Å². The Hall–Kier alpha value is -5.66.